The Kier molecular flexibility index (Phi) is 6.81. The molecule has 0 saturated heterocycles. The quantitative estimate of drug-likeness (QED) is 0.277. The number of rotatable bonds is 7. The van der Waals surface area contributed by atoms with Crippen LogP contribution in [-0.4, -0.2) is 0 Å². The summed E-state index contributed by atoms with van der Waals surface area (Å²) in [4.78, 5) is 0. The fourth-order valence-electron chi connectivity index (χ4n) is 4.14. The third kappa shape index (κ3) is 4.09. The minimum atomic E-state index is -2.42. The Bertz CT molecular complexity index is 1120. The Labute approximate surface area is 191 Å². The number of benzene rings is 4. The van der Waals surface area contributed by atoms with Gasteiger partial charge >= 0.3 is 0 Å². The van der Waals surface area contributed by atoms with E-state index in [4.69, 9.17) is 0 Å². The Hall–Kier alpha value is -3.66. The van der Waals surface area contributed by atoms with E-state index >= 15 is 0 Å². The molecule has 0 bridgehead atoms. The summed E-state index contributed by atoms with van der Waals surface area (Å²) in [5.74, 6) is 0. The molecule has 0 amide bonds. The van der Waals surface area contributed by atoms with Crippen LogP contribution >= 0.6 is 7.26 Å². The van der Waals surface area contributed by atoms with Crippen LogP contribution in [0.3, 0.4) is 0 Å². The highest BCUT2D eigenvalue weighted by molar-refractivity contribution is 7.99. The van der Waals surface area contributed by atoms with Crippen molar-refractivity contribution < 1.29 is 0 Å². The van der Waals surface area contributed by atoms with Gasteiger partial charge in [0, 0.05) is 5.69 Å². The lowest BCUT2D eigenvalue weighted by Crippen LogP contribution is -2.33. The highest BCUT2D eigenvalue weighted by Crippen LogP contribution is 2.63. The van der Waals surface area contributed by atoms with Gasteiger partial charge in [-0.25, -0.2) is 0 Å². The maximum Gasteiger partial charge on any atom is 0.204 e. The third-order valence-corrected chi connectivity index (χ3v) is 9.84. The molecule has 0 aromatic heterocycles. The molecule has 32 heavy (non-hydrogen) atoms. The Morgan fingerprint density at radius 3 is 1.38 bits per heavy atom. The summed E-state index contributed by atoms with van der Waals surface area (Å²) in [6.07, 6.45) is 0.728. The SMILES string of the molecule is CCC(Nc1ccccc1)=C(C#N)[P+](c1ccccc1)(c1ccccc1)c1ccccc1. The van der Waals surface area contributed by atoms with E-state index in [0.29, 0.717) is 0 Å². The molecule has 0 saturated carbocycles. The number of para-hydroxylation sites is 1. The minimum absolute atomic E-state index is 0.728. The van der Waals surface area contributed by atoms with Crippen molar-refractivity contribution in [2.75, 3.05) is 5.32 Å². The lowest BCUT2D eigenvalue weighted by Gasteiger charge is -2.28. The normalized spacial score (nSPS) is 11.9. The van der Waals surface area contributed by atoms with Crippen molar-refractivity contribution in [1.29, 1.82) is 5.26 Å². The number of hydrogen-bond donors (Lipinski definition) is 1. The zero-order valence-electron chi connectivity index (χ0n) is 18.1. The predicted octanol–water partition coefficient (Wildman–Crippen LogP) is 6.24. The number of hydrogen-bond acceptors (Lipinski definition) is 2. The zero-order chi connectivity index (χ0) is 22.2. The molecule has 2 nitrogen and oxygen atoms in total. The maximum absolute atomic E-state index is 10.7. The summed E-state index contributed by atoms with van der Waals surface area (Å²) in [6.45, 7) is 2.11. The van der Waals surface area contributed by atoms with Gasteiger partial charge in [0.05, 0.1) is 5.70 Å². The summed E-state index contributed by atoms with van der Waals surface area (Å²) in [6, 6.07) is 44.3. The highest BCUT2D eigenvalue weighted by Gasteiger charge is 2.51. The van der Waals surface area contributed by atoms with Crippen molar-refractivity contribution in [1.82, 2.24) is 0 Å². The first-order chi connectivity index (χ1) is 15.8. The van der Waals surface area contributed by atoms with Gasteiger partial charge in [0.15, 0.2) is 7.26 Å². The number of nitrogens with one attached hydrogen (secondary N) is 1. The van der Waals surface area contributed by atoms with Crippen LogP contribution in [0.5, 0.6) is 0 Å². The molecular weight excluding hydrogens is 407 g/mol. The molecule has 0 unspecified atom stereocenters. The molecule has 4 aromatic carbocycles. The second kappa shape index (κ2) is 10.1. The zero-order valence-corrected chi connectivity index (χ0v) is 19.0. The van der Waals surface area contributed by atoms with Crippen LogP contribution in [0.4, 0.5) is 5.69 Å². The molecule has 0 aliphatic carbocycles. The van der Waals surface area contributed by atoms with Crippen LogP contribution in [0.2, 0.25) is 0 Å². The molecule has 4 aromatic rings. The van der Waals surface area contributed by atoms with Crippen molar-refractivity contribution in [2.45, 2.75) is 13.3 Å². The van der Waals surface area contributed by atoms with Crippen LogP contribution in [0.25, 0.3) is 0 Å². The molecule has 3 heteroatoms. The molecule has 156 valence electrons. The van der Waals surface area contributed by atoms with E-state index < -0.39 is 7.26 Å². The number of nitrogens with zero attached hydrogens (tertiary/aromatic N) is 1. The standard InChI is InChI=1S/C29H26N2P/c1-2-28(31-24-15-7-3-8-16-24)29(23-30)32(25-17-9-4-10-18-25,26-19-11-5-12-20-26)27-21-13-6-14-22-27/h3-22,31H,2H2,1H3/q+1. The van der Waals surface area contributed by atoms with Gasteiger partial charge in [-0.05, 0) is 55.0 Å². The van der Waals surface area contributed by atoms with E-state index in [0.717, 1.165) is 23.1 Å². The first kappa shape index (κ1) is 21.6. The molecule has 0 spiro atoms. The average molecular weight is 434 g/mol. The first-order valence-electron chi connectivity index (χ1n) is 10.8. The average Bonchev–Trinajstić information content (AvgIpc) is 2.88. The van der Waals surface area contributed by atoms with Gasteiger partial charge in [-0.2, -0.15) is 5.26 Å². The number of nitriles is 1. The van der Waals surface area contributed by atoms with Crippen LogP contribution in [-0.2, 0) is 0 Å². The van der Waals surface area contributed by atoms with Gasteiger partial charge in [-0.3, -0.25) is 0 Å². The third-order valence-electron chi connectivity index (χ3n) is 5.58. The van der Waals surface area contributed by atoms with Crippen LogP contribution in [0, 0.1) is 11.3 Å². The van der Waals surface area contributed by atoms with E-state index in [2.05, 4.69) is 91.1 Å². The van der Waals surface area contributed by atoms with Gasteiger partial charge in [-0.15, -0.1) is 0 Å². The predicted molar refractivity (Wildman–Crippen MR) is 138 cm³/mol. The molecule has 1 N–H and O–H groups in total. The van der Waals surface area contributed by atoms with Crippen molar-refractivity contribution in [3.05, 3.63) is 132 Å². The Morgan fingerprint density at radius 2 is 1.03 bits per heavy atom. The summed E-state index contributed by atoms with van der Waals surface area (Å²) in [7, 11) is -2.42. The monoisotopic (exact) mass is 433 g/mol. The van der Waals surface area contributed by atoms with Crippen molar-refractivity contribution >= 4 is 28.9 Å². The van der Waals surface area contributed by atoms with E-state index in [1.54, 1.807) is 0 Å². The molecule has 0 fully saturated rings. The molecule has 4 rings (SSSR count). The molecule has 0 heterocycles. The van der Waals surface area contributed by atoms with E-state index in [1.807, 2.05) is 48.5 Å². The molecule has 0 atom stereocenters. The van der Waals surface area contributed by atoms with Crippen LogP contribution in [0.15, 0.2) is 132 Å². The largest absolute Gasteiger partial charge is 0.355 e. The molecule has 0 aliphatic heterocycles. The van der Waals surface area contributed by atoms with Gasteiger partial charge in [0.1, 0.15) is 22.0 Å². The van der Waals surface area contributed by atoms with E-state index in [-0.39, 0.29) is 0 Å². The van der Waals surface area contributed by atoms with E-state index in [1.165, 1.54) is 15.9 Å². The summed E-state index contributed by atoms with van der Waals surface area (Å²) in [5, 5.41) is 18.6. The highest BCUT2D eigenvalue weighted by atomic mass is 31.2. The van der Waals surface area contributed by atoms with Crippen molar-refractivity contribution in [2.24, 2.45) is 0 Å². The fourth-order valence-corrected chi connectivity index (χ4v) is 8.44. The second-order valence-electron chi connectivity index (χ2n) is 7.46. The van der Waals surface area contributed by atoms with Crippen LogP contribution in [0.1, 0.15) is 13.3 Å². The lowest BCUT2D eigenvalue weighted by atomic mass is 10.2. The smallest absolute Gasteiger partial charge is 0.204 e. The molecule has 0 radical (unpaired) electrons. The topological polar surface area (TPSA) is 35.8 Å². The second-order valence-corrected chi connectivity index (χ2v) is 10.8. The number of allylic oxidation sites excluding steroid dienone is 2. The van der Waals surface area contributed by atoms with Gasteiger partial charge in [0.2, 0.25) is 5.31 Å². The van der Waals surface area contributed by atoms with Gasteiger partial charge < -0.3 is 5.32 Å². The van der Waals surface area contributed by atoms with Crippen LogP contribution < -0.4 is 21.2 Å². The Balaban J connectivity index is 2.09. The molecule has 0 aliphatic rings. The molecular formula is C29H26N2P+. The lowest BCUT2D eigenvalue weighted by molar-refractivity contribution is 1.10. The van der Waals surface area contributed by atoms with E-state index in [9.17, 15) is 5.26 Å². The summed E-state index contributed by atoms with van der Waals surface area (Å²) in [5.41, 5.74) is 1.95. The fraction of sp³-hybridized carbons (Fsp3) is 0.0690. The van der Waals surface area contributed by atoms with Crippen molar-refractivity contribution in [3.63, 3.8) is 0 Å². The van der Waals surface area contributed by atoms with Gasteiger partial charge in [-0.1, -0.05) is 79.7 Å². The maximum atomic E-state index is 10.7. The first-order valence-corrected chi connectivity index (χ1v) is 12.6. The van der Waals surface area contributed by atoms with Crippen molar-refractivity contribution in [3.8, 4) is 6.07 Å². The minimum Gasteiger partial charge on any atom is -0.355 e. The Morgan fingerprint density at radius 1 is 0.656 bits per heavy atom. The summed E-state index contributed by atoms with van der Waals surface area (Å²) >= 11 is 0. The summed E-state index contributed by atoms with van der Waals surface area (Å²) < 4.78 is 0. The van der Waals surface area contributed by atoms with Gasteiger partial charge in [0.25, 0.3) is 0 Å². The number of anilines is 1.